The van der Waals surface area contributed by atoms with Gasteiger partial charge < -0.3 is 5.11 Å². The molecule has 0 radical (unpaired) electrons. The summed E-state index contributed by atoms with van der Waals surface area (Å²) in [6.07, 6.45) is 0.0626. The molecule has 12 heavy (non-hydrogen) atoms. The van der Waals surface area contributed by atoms with Crippen LogP contribution < -0.4 is 0 Å². The third-order valence-electron chi connectivity index (χ3n) is 1.55. The van der Waals surface area contributed by atoms with Gasteiger partial charge in [0.15, 0.2) is 0 Å². The van der Waals surface area contributed by atoms with Crippen molar-refractivity contribution in [1.82, 2.24) is 0 Å². The van der Waals surface area contributed by atoms with Gasteiger partial charge in [0.25, 0.3) is 0 Å². The molecule has 1 N–H and O–H groups in total. The number of hydrogen-bond acceptors (Lipinski definition) is 2. The zero-order valence-corrected chi connectivity index (χ0v) is 7.37. The monoisotopic (exact) mass is 182 g/mol. The van der Waals surface area contributed by atoms with Crippen molar-refractivity contribution in [3.63, 3.8) is 0 Å². The number of carbonyl (C=O) groups is 1. The van der Waals surface area contributed by atoms with Crippen LogP contribution in [0.2, 0.25) is 0 Å². The summed E-state index contributed by atoms with van der Waals surface area (Å²) in [5.41, 5.74) is 0.947. The molecule has 1 atom stereocenters. The van der Waals surface area contributed by atoms with E-state index in [1.807, 2.05) is 30.3 Å². The average molecular weight is 182 g/mol. The Balaban J connectivity index is 2.65. The molecule has 1 unspecified atom stereocenters. The van der Waals surface area contributed by atoms with E-state index in [1.54, 1.807) is 0 Å². The van der Waals surface area contributed by atoms with Crippen molar-refractivity contribution in [1.29, 1.82) is 0 Å². The largest absolute Gasteiger partial charge is 0.481 e. The second-order valence-corrected chi connectivity index (χ2v) is 3.15. The first-order valence-electron chi connectivity index (χ1n) is 3.65. The summed E-state index contributed by atoms with van der Waals surface area (Å²) in [5.74, 6) is -0.821. The molecular formula is C9H10O2S. The lowest BCUT2D eigenvalue weighted by molar-refractivity contribution is -0.137. The molecule has 1 aromatic carbocycles. The molecule has 0 aliphatic rings. The topological polar surface area (TPSA) is 37.3 Å². The van der Waals surface area contributed by atoms with E-state index in [0.29, 0.717) is 0 Å². The van der Waals surface area contributed by atoms with Crippen molar-refractivity contribution in [3.05, 3.63) is 35.9 Å². The molecule has 0 saturated carbocycles. The Hall–Kier alpha value is -0.960. The van der Waals surface area contributed by atoms with Gasteiger partial charge in [-0.25, -0.2) is 0 Å². The molecule has 2 nitrogen and oxygen atoms in total. The Morgan fingerprint density at radius 1 is 1.42 bits per heavy atom. The fourth-order valence-corrected chi connectivity index (χ4v) is 1.29. The summed E-state index contributed by atoms with van der Waals surface area (Å²) >= 11 is 4.18. The summed E-state index contributed by atoms with van der Waals surface area (Å²) < 4.78 is 0. The van der Waals surface area contributed by atoms with E-state index in [9.17, 15) is 4.79 Å². The summed E-state index contributed by atoms with van der Waals surface area (Å²) in [6.45, 7) is 0. The molecule has 1 rings (SSSR count). The molecule has 0 heterocycles. The van der Waals surface area contributed by atoms with Crippen LogP contribution in [0.5, 0.6) is 0 Å². The highest BCUT2D eigenvalue weighted by Crippen LogP contribution is 2.22. The molecule has 64 valence electrons. The minimum absolute atomic E-state index is 0.0626. The van der Waals surface area contributed by atoms with Crippen molar-refractivity contribution in [3.8, 4) is 0 Å². The molecule has 0 saturated heterocycles. The van der Waals surface area contributed by atoms with Crippen LogP contribution in [0.3, 0.4) is 0 Å². The Bertz CT molecular complexity index is 258. The minimum Gasteiger partial charge on any atom is -0.481 e. The van der Waals surface area contributed by atoms with Gasteiger partial charge in [0, 0.05) is 5.25 Å². The molecular weight excluding hydrogens is 172 g/mol. The molecule has 0 aromatic heterocycles. The summed E-state index contributed by atoms with van der Waals surface area (Å²) in [4.78, 5) is 10.3. The van der Waals surface area contributed by atoms with Crippen LogP contribution in [0, 0.1) is 0 Å². The van der Waals surface area contributed by atoms with Crippen LogP contribution in [-0.4, -0.2) is 11.1 Å². The molecule has 0 fully saturated rings. The summed E-state index contributed by atoms with van der Waals surface area (Å²) in [5, 5.41) is 8.29. The number of rotatable bonds is 3. The highest BCUT2D eigenvalue weighted by molar-refractivity contribution is 7.80. The van der Waals surface area contributed by atoms with Crippen LogP contribution in [0.4, 0.5) is 0 Å². The number of aliphatic carboxylic acids is 1. The SMILES string of the molecule is O=C(O)CC(S)c1ccccc1. The number of hydrogen-bond donors (Lipinski definition) is 2. The smallest absolute Gasteiger partial charge is 0.304 e. The van der Waals surface area contributed by atoms with Gasteiger partial charge in [0.05, 0.1) is 6.42 Å². The minimum atomic E-state index is -0.821. The number of carboxylic acid groups (broad SMARTS) is 1. The Kier molecular flexibility index (Phi) is 3.17. The van der Waals surface area contributed by atoms with E-state index in [-0.39, 0.29) is 11.7 Å². The molecule has 0 aliphatic carbocycles. The predicted molar refractivity (Wildman–Crippen MR) is 50.4 cm³/mol. The lowest BCUT2D eigenvalue weighted by atomic mass is 10.1. The van der Waals surface area contributed by atoms with Gasteiger partial charge in [-0.15, -0.1) is 0 Å². The Labute approximate surface area is 76.6 Å². The molecule has 1 aromatic rings. The van der Waals surface area contributed by atoms with Crippen LogP contribution in [-0.2, 0) is 4.79 Å². The first-order valence-corrected chi connectivity index (χ1v) is 4.16. The molecule has 0 aliphatic heterocycles. The summed E-state index contributed by atoms with van der Waals surface area (Å²) in [6, 6.07) is 9.40. The highest BCUT2D eigenvalue weighted by Gasteiger charge is 2.09. The zero-order valence-electron chi connectivity index (χ0n) is 6.47. The molecule has 0 spiro atoms. The maximum absolute atomic E-state index is 10.3. The maximum Gasteiger partial charge on any atom is 0.304 e. The van der Waals surface area contributed by atoms with Crippen molar-refractivity contribution in [2.75, 3.05) is 0 Å². The van der Waals surface area contributed by atoms with Crippen LogP contribution in [0.25, 0.3) is 0 Å². The quantitative estimate of drug-likeness (QED) is 0.703. The second kappa shape index (κ2) is 4.16. The Morgan fingerprint density at radius 2 is 2.00 bits per heavy atom. The second-order valence-electron chi connectivity index (χ2n) is 2.52. The summed E-state index contributed by atoms with van der Waals surface area (Å²) in [7, 11) is 0. The van der Waals surface area contributed by atoms with Gasteiger partial charge in [0.1, 0.15) is 0 Å². The van der Waals surface area contributed by atoms with Gasteiger partial charge in [-0.2, -0.15) is 12.6 Å². The van der Waals surface area contributed by atoms with E-state index in [2.05, 4.69) is 12.6 Å². The third-order valence-corrected chi connectivity index (χ3v) is 2.03. The number of carboxylic acids is 1. The van der Waals surface area contributed by atoms with Gasteiger partial charge in [-0.05, 0) is 5.56 Å². The lowest BCUT2D eigenvalue weighted by Crippen LogP contribution is -2.00. The zero-order chi connectivity index (χ0) is 8.97. The number of thiol groups is 1. The van der Waals surface area contributed by atoms with Gasteiger partial charge in [-0.1, -0.05) is 30.3 Å². The van der Waals surface area contributed by atoms with Gasteiger partial charge in [-0.3, -0.25) is 4.79 Å². The third kappa shape index (κ3) is 2.58. The standard InChI is InChI=1S/C9H10O2S/c10-9(11)6-8(12)7-4-2-1-3-5-7/h1-5,8,12H,6H2,(H,10,11). The van der Waals surface area contributed by atoms with Crippen molar-refractivity contribution in [2.24, 2.45) is 0 Å². The lowest BCUT2D eigenvalue weighted by Gasteiger charge is -2.06. The first-order chi connectivity index (χ1) is 5.70. The van der Waals surface area contributed by atoms with E-state index in [1.165, 1.54) is 0 Å². The van der Waals surface area contributed by atoms with Crippen molar-refractivity contribution in [2.45, 2.75) is 11.7 Å². The normalized spacial score (nSPS) is 12.4. The Morgan fingerprint density at radius 3 is 2.50 bits per heavy atom. The highest BCUT2D eigenvalue weighted by atomic mass is 32.1. The van der Waals surface area contributed by atoms with Crippen molar-refractivity contribution < 1.29 is 9.90 Å². The van der Waals surface area contributed by atoms with Gasteiger partial charge >= 0.3 is 5.97 Å². The molecule has 3 heteroatoms. The van der Waals surface area contributed by atoms with Crippen LogP contribution >= 0.6 is 12.6 Å². The van der Waals surface area contributed by atoms with E-state index < -0.39 is 5.97 Å². The van der Waals surface area contributed by atoms with Crippen LogP contribution in [0.1, 0.15) is 17.2 Å². The maximum atomic E-state index is 10.3. The molecule has 0 bridgehead atoms. The van der Waals surface area contributed by atoms with Crippen molar-refractivity contribution >= 4 is 18.6 Å². The van der Waals surface area contributed by atoms with Gasteiger partial charge in [0.2, 0.25) is 0 Å². The predicted octanol–water partition coefficient (Wildman–Crippen LogP) is 2.13. The average Bonchev–Trinajstić information content (AvgIpc) is 2.05. The fourth-order valence-electron chi connectivity index (χ4n) is 0.958. The fraction of sp³-hybridized carbons (Fsp3) is 0.222. The number of benzene rings is 1. The van der Waals surface area contributed by atoms with Crippen LogP contribution in [0.15, 0.2) is 30.3 Å². The first kappa shape index (κ1) is 9.13. The van der Waals surface area contributed by atoms with E-state index >= 15 is 0 Å². The van der Waals surface area contributed by atoms with E-state index in [4.69, 9.17) is 5.11 Å². The molecule has 0 amide bonds. The van der Waals surface area contributed by atoms with E-state index in [0.717, 1.165) is 5.56 Å².